The number of carbonyl (C=O) groups is 2. The molecule has 0 atom stereocenters. The van der Waals surface area contributed by atoms with Crippen LogP contribution in [0.3, 0.4) is 0 Å². The highest BCUT2D eigenvalue weighted by molar-refractivity contribution is 6.00. The first-order valence-corrected chi connectivity index (χ1v) is 10.1. The van der Waals surface area contributed by atoms with Gasteiger partial charge in [0.15, 0.2) is 0 Å². The Hall–Kier alpha value is -4.18. The first-order chi connectivity index (χ1) is 15.0. The van der Waals surface area contributed by atoms with Crippen molar-refractivity contribution in [2.45, 2.75) is 5.41 Å². The molecule has 1 spiro atoms. The topological polar surface area (TPSA) is 86.2 Å². The van der Waals surface area contributed by atoms with E-state index in [9.17, 15) is 9.59 Å². The largest absolute Gasteiger partial charge is 0.366 e. The van der Waals surface area contributed by atoms with Crippen molar-refractivity contribution in [3.63, 3.8) is 0 Å². The van der Waals surface area contributed by atoms with Crippen LogP contribution in [0.5, 0.6) is 0 Å². The summed E-state index contributed by atoms with van der Waals surface area (Å²) in [7, 11) is 0. The van der Waals surface area contributed by atoms with Crippen LogP contribution in [0, 0.1) is 0 Å². The lowest BCUT2D eigenvalue weighted by atomic mass is 9.70. The average molecular weight is 402 g/mol. The molecule has 6 rings (SSSR count). The lowest BCUT2D eigenvalue weighted by molar-refractivity contribution is 0.0992. The number of primary amides is 2. The lowest BCUT2D eigenvalue weighted by Crippen LogP contribution is -2.27. The molecule has 2 aliphatic rings. The summed E-state index contributed by atoms with van der Waals surface area (Å²) in [5.74, 6) is -0.933. The molecule has 0 heterocycles. The Bertz CT molecular complexity index is 1340. The van der Waals surface area contributed by atoms with Gasteiger partial charge in [-0.05, 0) is 68.8 Å². The number of benzene rings is 4. The number of amides is 2. The molecule has 4 aromatic rings. The van der Waals surface area contributed by atoms with E-state index in [0.29, 0.717) is 11.1 Å². The maximum Gasteiger partial charge on any atom is 0.248 e. The van der Waals surface area contributed by atoms with E-state index in [1.165, 1.54) is 0 Å². The Kier molecular flexibility index (Phi) is 3.37. The number of rotatable bonds is 2. The van der Waals surface area contributed by atoms with Gasteiger partial charge in [-0.1, -0.05) is 60.7 Å². The lowest BCUT2D eigenvalue weighted by Gasteiger charge is -2.30. The molecule has 0 saturated carbocycles. The van der Waals surface area contributed by atoms with Crippen molar-refractivity contribution in [2.75, 3.05) is 0 Å². The smallest absolute Gasteiger partial charge is 0.248 e. The van der Waals surface area contributed by atoms with Crippen molar-refractivity contribution >= 4 is 11.8 Å². The van der Waals surface area contributed by atoms with Crippen LogP contribution in [-0.4, -0.2) is 11.8 Å². The minimum absolute atomic E-state index is 0.461. The Morgan fingerprint density at radius 3 is 1.32 bits per heavy atom. The van der Waals surface area contributed by atoms with Gasteiger partial charge in [0.2, 0.25) is 11.8 Å². The molecular formula is C27H18N2O2. The van der Waals surface area contributed by atoms with Crippen LogP contribution < -0.4 is 11.5 Å². The van der Waals surface area contributed by atoms with Crippen molar-refractivity contribution < 1.29 is 9.59 Å². The van der Waals surface area contributed by atoms with Gasteiger partial charge in [-0.15, -0.1) is 0 Å². The SMILES string of the molecule is NC(=O)c1ccc2c(c1)C1(c3ccccc3-2)c2ccccc2-c2ccc(C(N)=O)cc21. The summed E-state index contributed by atoms with van der Waals surface area (Å²) in [6.45, 7) is 0. The first-order valence-electron chi connectivity index (χ1n) is 10.1. The summed E-state index contributed by atoms with van der Waals surface area (Å²) in [6.07, 6.45) is 0. The minimum atomic E-state index is -0.644. The van der Waals surface area contributed by atoms with Crippen molar-refractivity contribution in [3.8, 4) is 22.3 Å². The third kappa shape index (κ3) is 2.09. The molecule has 4 N–H and O–H groups in total. The molecule has 4 aromatic carbocycles. The molecule has 0 aromatic heterocycles. The number of nitrogens with two attached hydrogens (primary N) is 2. The summed E-state index contributed by atoms with van der Waals surface area (Å²) in [4.78, 5) is 24.1. The van der Waals surface area contributed by atoms with Gasteiger partial charge in [-0.2, -0.15) is 0 Å². The monoisotopic (exact) mass is 402 g/mol. The third-order valence-corrected chi connectivity index (χ3v) is 6.66. The molecule has 2 aliphatic carbocycles. The predicted octanol–water partition coefficient (Wildman–Crippen LogP) is 4.23. The van der Waals surface area contributed by atoms with Crippen LogP contribution >= 0.6 is 0 Å². The molecule has 31 heavy (non-hydrogen) atoms. The summed E-state index contributed by atoms with van der Waals surface area (Å²) in [6, 6.07) is 27.9. The molecule has 2 amide bonds. The molecular weight excluding hydrogens is 384 g/mol. The van der Waals surface area contributed by atoms with Gasteiger partial charge >= 0.3 is 0 Å². The molecule has 0 saturated heterocycles. The summed E-state index contributed by atoms with van der Waals surface area (Å²) >= 11 is 0. The van der Waals surface area contributed by atoms with Gasteiger partial charge in [0.25, 0.3) is 0 Å². The zero-order valence-electron chi connectivity index (χ0n) is 16.6. The van der Waals surface area contributed by atoms with Crippen LogP contribution in [0.15, 0.2) is 84.9 Å². The van der Waals surface area contributed by atoms with E-state index < -0.39 is 17.2 Å². The molecule has 148 valence electrons. The fraction of sp³-hybridized carbons (Fsp3) is 0.0370. The Morgan fingerprint density at radius 2 is 0.903 bits per heavy atom. The molecule has 0 aliphatic heterocycles. The Morgan fingerprint density at radius 1 is 0.516 bits per heavy atom. The van der Waals surface area contributed by atoms with E-state index >= 15 is 0 Å². The quantitative estimate of drug-likeness (QED) is 0.454. The Balaban J connectivity index is 1.83. The molecule has 4 nitrogen and oxygen atoms in total. The summed E-state index contributed by atoms with van der Waals surface area (Å²) in [5, 5.41) is 0. The summed E-state index contributed by atoms with van der Waals surface area (Å²) < 4.78 is 0. The normalized spacial score (nSPS) is 13.9. The highest BCUT2D eigenvalue weighted by atomic mass is 16.1. The number of carbonyl (C=O) groups excluding carboxylic acids is 2. The van der Waals surface area contributed by atoms with E-state index in [0.717, 1.165) is 44.5 Å². The molecule has 4 heteroatoms. The highest BCUT2D eigenvalue weighted by Gasteiger charge is 2.51. The molecule has 0 radical (unpaired) electrons. The number of fused-ring (bicyclic) bond motifs is 10. The first kappa shape index (κ1) is 17.7. The maximum atomic E-state index is 12.1. The van der Waals surface area contributed by atoms with Gasteiger partial charge < -0.3 is 11.5 Å². The third-order valence-electron chi connectivity index (χ3n) is 6.66. The highest BCUT2D eigenvalue weighted by Crippen LogP contribution is 2.62. The van der Waals surface area contributed by atoms with E-state index in [2.05, 4.69) is 24.3 Å². The Labute approximate surface area is 179 Å². The van der Waals surface area contributed by atoms with Crippen LogP contribution in [0.4, 0.5) is 0 Å². The zero-order valence-corrected chi connectivity index (χ0v) is 16.6. The second-order valence-electron chi connectivity index (χ2n) is 8.09. The van der Waals surface area contributed by atoms with Gasteiger partial charge in [-0.25, -0.2) is 0 Å². The standard InChI is InChI=1S/C27H18N2O2/c28-25(30)15-9-11-19-17-5-1-3-7-21(17)27(23(19)13-15)22-8-4-2-6-18(22)20-12-10-16(26(29)31)14-24(20)27/h1-14H,(H2,28,30)(H2,29,31). The maximum absolute atomic E-state index is 12.1. The fourth-order valence-corrected chi connectivity index (χ4v) is 5.45. The van der Waals surface area contributed by atoms with Crippen molar-refractivity contribution in [3.05, 3.63) is 118 Å². The second kappa shape index (κ2) is 5.92. The predicted molar refractivity (Wildman–Crippen MR) is 120 cm³/mol. The van der Waals surface area contributed by atoms with Gasteiger partial charge in [-0.3, -0.25) is 9.59 Å². The van der Waals surface area contributed by atoms with Crippen LogP contribution in [0.25, 0.3) is 22.3 Å². The molecule has 0 unspecified atom stereocenters. The number of hydrogen-bond acceptors (Lipinski definition) is 2. The van der Waals surface area contributed by atoms with Gasteiger partial charge in [0.1, 0.15) is 0 Å². The zero-order chi connectivity index (χ0) is 21.3. The second-order valence-corrected chi connectivity index (χ2v) is 8.09. The number of hydrogen-bond donors (Lipinski definition) is 2. The minimum Gasteiger partial charge on any atom is -0.366 e. The van der Waals surface area contributed by atoms with Crippen LogP contribution in [-0.2, 0) is 5.41 Å². The summed E-state index contributed by atoms with van der Waals surface area (Å²) in [5.41, 5.74) is 20.2. The van der Waals surface area contributed by atoms with Crippen LogP contribution in [0.1, 0.15) is 43.0 Å². The molecule has 0 bridgehead atoms. The van der Waals surface area contributed by atoms with Crippen LogP contribution in [0.2, 0.25) is 0 Å². The van der Waals surface area contributed by atoms with E-state index in [-0.39, 0.29) is 0 Å². The van der Waals surface area contributed by atoms with E-state index in [1.54, 1.807) is 12.1 Å². The van der Waals surface area contributed by atoms with E-state index in [1.807, 2.05) is 48.5 Å². The van der Waals surface area contributed by atoms with E-state index in [4.69, 9.17) is 11.5 Å². The van der Waals surface area contributed by atoms with Crippen molar-refractivity contribution in [1.82, 2.24) is 0 Å². The fourth-order valence-electron chi connectivity index (χ4n) is 5.45. The average Bonchev–Trinajstić information content (AvgIpc) is 3.25. The van der Waals surface area contributed by atoms with Gasteiger partial charge in [0, 0.05) is 11.1 Å². The van der Waals surface area contributed by atoms with Crippen molar-refractivity contribution in [2.24, 2.45) is 11.5 Å². The molecule has 0 fully saturated rings. The van der Waals surface area contributed by atoms with Crippen molar-refractivity contribution in [1.29, 1.82) is 0 Å². The van der Waals surface area contributed by atoms with Gasteiger partial charge in [0.05, 0.1) is 5.41 Å².